The van der Waals surface area contributed by atoms with Crippen molar-refractivity contribution in [2.75, 3.05) is 47.6 Å². The summed E-state index contributed by atoms with van der Waals surface area (Å²) in [6, 6.07) is 13.5. The van der Waals surface area contributed by atoms with Crippen LogP contribution in [-0.4, -0.2) is 71.1 Å². The summed E-state index contributed by atoms with van der Waals surface area (Å²) in [7, 11) is 0.559. The second kappa shape index (κ2) is 13.9. The molecule has 1 heterocycles. The molecule has 11 heteroatoms. The Hall–Kier alpha value is -3.41. The largest absolute Gasteiger partial charge is 0.493 e. The van der Waals surface area contributed by atoms with Gasteiger partial charge in [-0.2, -0.15) is 4.31 Å². The highest BCUT2D eigenvalue weighted by Crippen LogP contribution is 2.28. The first-order chi connectivity index (χ1) is 18.3. The maximum Gasteiger partial charge on any atom is 0.243 e. The van der Waals surface area contributed by atoms with Gasteiger partial charge in [-0.25, -0.2) is 12.8 Å². The number of benzene rings is 2. The van der Waals surface area contributed by atoms with E-state index < -0.39 is 28.3 Å². The van der Waals surface area contributed by atoms with Gasteiger partial charge in [0.15, 0.2) is 11.5 Å². The van der Waals surface area contributed by atoms with Gasteiger partial charge in [-0.15, -0.1) is 0 Å². The Kier molecular flexibility index (Phi) is 10.7. The molecular weight excluding hydrogens is 515 g/mol. The third-order valence-electron chi connectivity index (χ3n) is 5.92. The average Bonchev–Trinajstić information content (AvgIpc) is 3.43. The van der Waals surface area contributed by atoms with E-state index in [-0.39, 0.29) is 18.0 Å². The smallest absolute Gasteiger partial charge is 0.243 e. The minimum Gasteiger partial charge on any atom is -0.493 e. The molecule has 0 atom stereocenters. The maximum atomic E-state index is 13.5. The molecule has 0 bridgehead atoms. The minimum absolute atomic E-state index is 0.0591. The molecule has 0 unspecified atom stereocenters. The fraction of sp³-hybridized carbons (Fsp3) is 0.370. The lowest BCUT2D eigenvalue weighted by Crippen LogP contribution is -2.43. The van der Waals surface area contributed by atoms with Gasteiger partial charge < -0.3 is 23.5 Å². The van der Waals surface area contributed by atoms with Gasteiger partial charge in [-0.1, -0.05) is 6.07 Å². The summed E-state index contributed by atoms with van der Waals surface area (Å²) < 4.78 is 62.5. The van der Waals surface area contributed by atoms with Crippen molar-refractivity contribution >= 4 is 15.9 Å². The predicted octanol–water partition coefficient (Wildman–Crippen LogP) is 3.73. The number of furan rings is 1. The summed E-state index contributed by atoms with van der Waals surface area (Å²) >= 11 is 0. The summed E-state index contributed by atoms with van der Waals surface area (Å²) in [5.74, 6) is 0.787. The third kappa shape index (κ3) is 7.80. The highest BCUT2D eigenvalue weighted by molar-refractivity contribution is 7.89. The average molecular weight is 549 g/mol. The first-order valence-corrected chi connectivity index (χ1v) is 13.5. The number of nitrogens with zero attached hydrogens (tertiary/aromatic N) is 2. The van der Waals surface area contributed by atoms with E-state index in [1.165, 1.54) is 25.5 Å². The van der Waals surface area contributed by atoms with Crippen molar-refractivity contribution in [1.29, 1.82) is 0 Å². The van der Waals surface area contributed by atoms with E-state index >= 15 is 0 Å². The number of sulfonamides is 1. The Morgan fingerprint density at radius 3 is 2.34 bits per heavy atom. The molecule has 0 spiro atoms. The van der Waals surface area contributed by atoms with Gasteiger partial charge in [0.05, 0.1) is 38.5 Å². The zero-order chi connectivity index (χ0) is 27.5. The number of ether oxygens (including phenoxy) is 3. The molecule has 0 radical (unpaired) electrons. The van der Waals surface area contributed by atoms with E-state index in [0.29, 0.717) is 43.3 Å². The number of rotatable bonds is 15. The maximum absolute atomic E-state index is 13.5. The van der Waals surface area contributed by atoms with Crippen molar-refractivity contribution in [1.82, 2.24) is 9.21 Å². The highest BCUT2D eigenvalue weighted by atomic mass is 32.2. The molecular formula is C27H33FN2O7S. The topological polar surface area (TPSA) is 98.5 Å². The molecule has 0 saturated carbocycles. The van der Waals surface area contributed by atoms with Gasteiger partial charge in [0.2, 0.25) is 15.9 Å². The van der Waals surface area contributed by atoms with Crippen molar-refractivity contribution in [3.63, 3.8) is 0 Å². The Morgan fingerprint density at radius 2 is 1.71 bits per heavy atom. The number of methoxy groups -OCH3 is 3. The zero-order valence-corrected chi connectivity index (χ0v) is 22.6. The SMILES string of the molecule is COCCCN(CC(=O)N(CCc1ccc(OC)c(OC)c1)Cc1ccco1)S(=O)(=O)c1ccc(F)cc1. The van der Waals surface area contributed by atoms with Gasteiger partial charge in [0.25, 0.3) is 0 Å². The molecule has 0 aliphatic carbocycles. The van der Waals surface area contributed by atoms with Crippen molar-refractivity contribution in [2.24, 2.45) is 0 Å². The molecule has 206 valence electrons. The molecule has 0 saturated heterocycles. The van der Waals surface area contributed by atoms with Crippen LogP contribution >= 0.6 is 0 Å². The molecule has 3 rings (SSSR count). The Bertz CT molecular complexity index is 1270. The first kappa shape index (κ1) is 29.2. The van der Waals surface area contributed by atoms with Gasteiger partial charge in [-0.05, 0) is 66.9 Å². The number of hydrogen-bond acceptors (Lipinski definition) is 7. The lowest BCUT2D eigenvalue weighted by molar-refractivity contribution is -0.132. The second-order valence-electron chi connectivity index (χ2n) is 8.47. The van der Waals surface area contributed by atoms with Crippen LogP contribution in [0.4, 0.5) is 4.39 Å². The van der Waals surface area contributed by atoms with Crippen molar-refractivity contribution in [3.05, 3.63) is 78.0 Å². The monoisotopic (exact) mass is 548 g/mol. The van der Waals surface area contributed by atoms with E-state index in [0.717, 1.165) is 22.0 Å². The lowest BCUT2D eigenvalue weighted by Gasteiger charge is -2.27. The Labute approximate surface area is 222 Å². The van der Waals surface area contributed by atoms with Crippen LogP contribution in [0.5, 0.6) is 11.5 Å². The lowest BCUT2D eigenvalue weighted by atomic mass is 10.1. The molecule has 0 aliphatic heterocycles. The normalized spacial score (nSPS) is 11.5. The van der Waals surface area contributed by atoms with Crippen molar-refractivity contribution < 1.29 is 36.2 Å². The number of amides is 1. The van der Waals surface area contributed by atoms with Crippen LogP contribution in [0.3, 0.4) is 0 Å². The summed E-state index contributed by atoms with van der Waals surface area (Å²) in [6.45, 7) is 0.456. The number of halogens is 1. The third-order valence-corrected chi connectivity index (χ3v) is 7.78. The molecule has 38 heavy (non-hydrogen) atoms. The Balaban J connectivity index is 1.82. The standard InChI is InChI=1S/C27H33FN2O7S/c1-34-16-5-14-30(38(32,33)24-10-8-22(28)9-11-24)20-27(31)29(19-23-6-4-17-37-23)15-13-21-7-12-25(35-2)26(18-21)36-3/h4,6-12,17-18H,5,13-16,19-20H2,1-3H3. The van der Waals surface area contributed by atoms with Crippen molar-refractivity contribution in [3.8, 4) is 11.5 Å². The summed E-state index contributed by atoms with van der Waals surface area (Å²) in [4.78, 5) is 15.0. The molecule has 3 aromatic rings. The summed E-state index contributed by atoms with van der Waals surface area (Å²) in [5, 5.41) is 0. The predicted molar refractivity (Wildman–Crippen MR) is 139 cm³/mol. The Morgan fingerprint density at radius 1 is 0.974 bits per heavy atom. The molecule has 1 amide bonds. The molecule has 2 aromatic carbocycles. The van der Waals surface area contributed by atoms with E-state index in [1.807, 2.05) is 12.1 Å². The summed E-state index contributed by atoms with van der Waals surface area (Å²) in [5.41, 5.74) is 0.913. The van der Waals surface area contributed by atoms with Crippen LogP contribution in [-0.2, 0) is 32.5 Å². The second-order valence-corrected chi connectivity index (χ2v) is 10.4. The molecule has 9 nitrogen and oxygen atoms in total. The summed E-state index contributed by atoms with van der Waals surface area (Å²) in [6.07, 6.45) is 2.39. The molecule has 0 fully saturated rings. The van der Waals surface area contributed by atoms with E-state index in [2.05, 4.69) is 0 Å². The van der Waals surface area contributed by atoms with Crippen LogP contribution in [0.15, 0.2) is 70.2 Å². The number of hydrogen-bond donors (Lipinski definition) is 0. The number of carbonyl (C=O) groups excluding carboxylic acids is 1. The van der Waals surface area contributed by atoms with E-state index in [4.69, 9.17) is 18.6 Å². The molecule has 0 aliphatic rings. The highest BCUT2D eigenvalue weighted by Gasteiger charge is 2.28. The van der Waals surface area contributed by atoms with Crippen LogP contribution < -0.4 is 9.47 Å². The fourth-order valence-electron chi connectivity index (χ4n) is 3.86. The van der Waals surface area contributed by atoms with Gasteiger partial charge in [-0.3, -0.25) is 4.79 Å². The van der Waals surface area contributed by atoms with E-state index in [1.54, 1.807) is 37.3 Å². The number of carbonyl (C=O) groups is 1. The van der Waals surface area contributed by atoms with Crippen LogP contribution in [0.1, 0.15) is 17.7 Å². The fourth-order valence-corrected chi connectivity index (χ4v) is 5.29. The van der Waals surface area contributed by atoms with Crippen LogP contribution in [0, 0.1) is 5.82 Å². The molecule has 1 aromatic heterocycles. The van der Waals surface area contributed by atoms with E-state index in [9.17, 15) is 17.6 Å². The van der Waals surface area contributed by atoms with Crippen LogP contribution in [0.25, 0.3) is 0 Å². The van der Waals surface area contributed by atoms with Gasteiger partial charge in [0.1, 0.15) is 11.6 Å². The first-order valence-electron chi connectivity index (χ1n) is 12.0. The quantitative estimate of drug-likeness (QED) is 0.267. The van der Waals surface area contributed by atoms with Crippen molar-refractivity contribution in [2.45, 2.75) is 24.3 Å². The van der Waals surface area contributed by atoms with Crippen LogP contribution in [0.2, 0.25) is 0 Å². The minimum atomic E-state index is -4.06. The van der Waals surface area contributed by atoms with Gasteiger partial charge in [0, 0.05) is 26.8 Å². The van der Waals surface area contributed by atoms with Gasteiger partial charge >= 0.3 is 0 Å². The molecule has 0 N–H and O–H groups in total. The zero-order valence-electron chi connectivity index (χ0n) is 21.8.